The van der Waals surface area contributed by atoms with Crippen LogP contribution in [0.3, 0.4) is 0 Å². The number of aliphatic hydroxyl groups is 1. The second-order valence-electron chi connectivity index (χ2n) is 8.27. The molecule has 0 aromatic carbocycles. The zero-order chi connectivity index (χ0) is 22.5. The van der Waals surface area contributed by atoms with Crippen molar-refractivity contribution in [2.75, 3.05) is 6.54 Å². The van der Waals surface area contributed by atoms with Crippen LogP contribution in [0.5, 0.6) is 0 Å². The number of carboxylic acid groups (broad SMARTS) is 1. The number of rotatable bonds is 21. The summed E-state index contributed by atoms with van der Waals surface area (Å²) in [6, 6.07) is -0.903. The average molecular weight is 427 g/mol. The summed E-state index contributed by atoms with van der Waals surface area (Å²) in [5, 5.41) is 21.7. The number of nitrogens with two attached hydrogens (primary N) is 1. The molecule has 1 amide bonds. The summed E-state index contributed by atoms with van der Waals surface area (Å²) in [6.45, 7) is 2.75. The minimum Gasteiger partial charge on any atom is -0.480 e. The normalized spacial score (nSPS) is 13.4. The number of carbonyl (C=O) groups is 2. The first kappa shape index (κ1) is 28.6. The molecule has 176 valence electrons. The lowest BCUT2D eigenvalue weighted by Gasteiger charge is -2.16. The van der Waals surface area contributed by atoms with Gasteiger partial charge in [0.1, 0.15) is 6.04 Å². The van der Waals surface area contributed by atoms with Gasteiger partial charge in [0.2, 0.25) is 5.91 Å². The van der Waals surface area contributed by atoms with Gasteiger partial charge in [0, 0.05) is 0 Å². The van der Waals surface area contributed by atoms with Crippen molar-refractivity contribution in [3.63, 3.8) is 0 Å². The first-order valence-electron chi connectivity index (χ1n) is 12.1. The Morgan fingerprint density at radius 3 is 2.03 bits per heavy atom. The maximum Gasteiger partial charge on any atom is 0.326 e. The molecule has 2 atom stereocenters. The van der Waals surface area contributed by atoms with Crippen LogP contribution in [0.2, 0.25) is 0 Å². The zero-order valence-corrected chi connectivity index (χ0v) is 19.1. The molecule has 0 rings (SSSR count). The molecule has 0 aliphatic heterocycles. The van der Waals surface area contributed by atoms with E-state index in [1.165, 1.54) is 44.9 Å². The van der Waals surface area contributed by atoms with Crippen molar-refractivity contribution >= 4 is 11.9 Å². The van der Waals surface area contributed by atoms with Gasteiger partial charge in [-0.3, -0.25) is 4.79 Å². The third-order valence-electron chi connectivity index (χ3n) is 5.30. The molecule has 0 fully saturated rings. The SMILES string of the molecule is CCCCCCCC/C=C\CCCCCC(O)CC(=O)NC(CCCCN)C(=O)O. The molecule has 0 heterocycles. The van der Waals surface area contributed by atoms with Crippen LogP contribution in [0.4, 0.5) is 0 Å². The number of carboxylic acids is 1. The van der Waals surface area contributed by atoms with E-state index in [-0.39, 0.29) is 6.42 Å². The third-order valence-corrected chi connectivity index (χ3v) is 5.30. The van der Waals surface area contributed by atoms with E-state index in [1.54, 1.807) is 0 Å². The molecular weight excluding hydrogens is 380 g/mol. The summed E-state index contributed by atoms with van der Waals surface area (Å²) >= 11 is 0. The highest BCUT2D eigenvalue weighted by atomic mass is 16.4. The zero-order valence-electron chi connectivity index (χ0n) is 19.1. The lowest BCUT2D eigenvalue weighted by atomic mass is 10.1. The van der Waals surface area contributed by atoms with Crippen molar-refractivity contribution in [2.45, 2.75) is 122 Å². The molecule has 0 bridgehead atoms. The monoisotopic (exact) mass is 426 g/mol. The molecule has 0 aliphatic rings. The fraction of sp³-hybridized carbons (Fsp3) is 0.833. The van der Waals surface area contributed by atoms with Gasteiger partial charge in [0.15, 0.2) is 0 Å². The Kier molecular flexibility index (Phi) is 19.9. The lowest BCUT2D eigenvalue weighted by molar-refractivity contribution is -0.142. The fourth-order valence-electron chi connectivity index (χ4n) is 3.42. The van der Waals surface area contributed by atoms with Gasteiger partial charge >= 0.3 is 5.97 Å². The van der Waals surface area contributed by atoms with Crippen LogP contribution in [-0.4, -0.2) is 40.8 Å². The molecule has 6 heteroatoms. The largest absolute Gasteiger partial charge is 0.480 e. The number of hydrogen-bond acceptors (Lipinski definition) is 4. The van der Waals surface area contributed by atoms with Gasteiger partial charge in [-0.25, -0.2) is 4.79 Å². The predicted octanol–water partition coefficient (Wildman–Crippen LogP) is 4.69. The van der Waals surface area contributed by atoms with E-state index in [1.807, 2.05) is 0 Å². The first-order chi connectivity index (χ1) is 14.5. The highest BCUT2D eigenvalue weighted by Gasteiger charge is 2.20. The average Bonchev–Trinajstić information content (AvgIpc) is 2.70. The topological polar surface area (TPSA) is 113 Å². The summed E-state index contributed by atoms with van der Waals surface area (Å²) in [5.41, 5.74) is 5.41. The Bertz CT molecular complexity index is 454. The summed E-state index contributed by atoms with van der Waals surface area (Å²) < 4.78 is 0. The minimum absolute atomic E-state index is 0.0428. The molecule has 0 aromatic rings. The van der Waals surface area contributed by atoms with Crippen molar-refractivity contribution in [3.8, 4) is 0 Å². The number of unbranched alkanes of at least 4 members (excludes halogenated alkanes) is 10. The number of carbonyl (C=O) groups excluding carboxylic acids is 1. The number of hydrogen-bond donors (Lipinski definition) is 4. The van der Waals surface area contributed by atoms with E-state index in [2.05, 4.69) is 24.4 Å². The molecule has 0 spiro atoms. The van der Waals surface area contributed by atoms with Gasteiger partial charge in [-0.05, 0) is 57.9 Å². The van der Waals surface area contributed by atoms with E-state index >= 15 is 0 Å². The first-order valence-corrected chi connectivity index (χ1v) is 12.1. The number of amides is 1. The van der Waals surface area contributed by atoms with Crippen molar-refractivity contribution in [3.05, 3.63) is 12.2 Å². The summed E-state index contributed by atoms with van der Waals surface area (Å²) in [5.74, 6) is -1.44. The molecule has 30 heavy (non-hydrogen) atoms. The van der Waals surface area contributed by atoms with Crippen molar-refractivity contribution in [1.82, 2.24) is 5.32 Å². The van der Waals surface area contributed by atoms with Gasteiger partial charge in [-0.1, -0.05) is 64.0 Å². The highest BCUT2D eigenvalue weighted by molar-refractivity contribution is 5.83. The van der Waals surface area contributed by atoms with E-state index < -0.39 is 24.0 Å². The number of aliphatic hydroxyl groups excluding tert-OH is 1. The number of nitrogens with one attached hydrogen (secondary N) is 1. The van der Waals surface area contributed by atoms with Crippen LogP contribution in [0.1, 0.15) is 110 Å². The van der Waals surface area contributed by atoms with E-state index in [0.29, 0.717) is 25.8 Å². The standard InChI is InChI=1S/C24H46N2O4/c1-2-3-4-5-6-7-8-9-10-11-12-13-14-17-21(27)20-23(28)26-22(24(29)30)18-15-16-19-25/h9-10,21-22,27H,2-8,11-20,25H2,1H3,(H,26,28)(H,29,30)/b10-9-. The van der Waals surface area contributed by atoms with Crippen LogP contribution < -0.4 is 11.1 Å². The second kappa shape index (κ2) is 20.9. The Balaban J connectivity index is 3.69. The molecule has 6 nitrogen and oxygen atoms in total. The van der Waals surface area contributed by atoms with Gasteiger partial charge in [-0.15, -0.1) is 0 Å². The lowest BCUT2D eigenvalue weighted by Crippen LogP contribution is -2.41. The van der Waals surface area contributed by atoms with E-state index in [9.17, 15) is 19.8 Å². The van der Waals surface area contributed by atoms with E-state index in [0.717, 1.165) is 32.1 Å². The maximum absolute atomic E-state index is 12.0. The Morgan fingerprint density at radius 1 is 0.867 bits per heavy atom. The Labute approximate surface area is 183 Å². The van der Waals surface area contributed by atoms with Gasteiger partial charge in [0.05, 0.1) is 12.5 Å². The molecule has 2 unspecified atom stereocenters. The van der Waals surface area contributed by atoms with Crippen LogP contribution >= 0.6 is 0 Å². The summed E-state index contributed by atoms with van der Waals surface area (Å²) in [4.78, 5) is 23.2. The van der Waals surface area contributed by atoms with Gasteiger partial charge < -0.3 is 21.3 Å². The Hall–Kier alpha value is -1.40. The summed E-state index contributed by atoms with van der Waals surface area (Å²) in [6.07, 6.45) is 19.3. The molecule has 0 radical (unpaired) electrons. The minimum atomic E-state index is -1.04. The van der Waals surface area contributed by atoms with Crippen molar-refractivity contribution in [1.29, 1.82) is 0 Å². The molecule has 0 saturated carbocycles. The maximum atomic E-state index is 12.0. The van der Waals surface area contributed by atoms with Crippen LogP contribution in [0, 0.1) is 0 Å². The third kappa shape index (κ3) is 18.6. The smallest absolute Gasteiger partial charge is 0.326 e. The molecular formula is C24H46N2O4. The molecule has 0 saturated heterocycles. The fourth-order valence-corrected chi connectivity index (χ4v) is 3.42. The quantitative estimate of drug-likeness (QED) is 0.157. The number of allylic oxidation sites excluding steroid dienone is 2. The van der Waals surface area contributed by atoms with Gasteiger partial charge in [-0.2, -0.15) is 0 Å². The summed E-state index contributed by atoms with van der Waals surface area (Å²) in [7, 11) is 0. The van der Waals surface area contributed by atoms with E-state index in [4.69, 9.17) is 5.73 Å². The molecule has 0 aromatic heterocycles. The number of aliphatic carboxylic acids is 1. The molecule has 5 N–H and O–H groups in total. The van der Waals surface area contributed by atoms with Crippen LogP contribution in [-0.2, 0) is 9.59 Å². The molecule has 0 aliphatic carbocycles. The second-order valence-corrected chi connectivity index (χ2v) is 8.27. The Morgan fingerprint density at radius 2 is 1.43 bits per heavy atom. The van der Waals surface area contributed by atoms with Crippen LogP contribution in [0.15, 0.2) is 12.2 Å². The highest BCUT2D eigenvalue weighted by Crippen LogP contribution is 2.11. The van der Waals surface area contributed by atoms with Crippen molar-refractivity contribution in [2.24, 2.45) is 5.73 Å². The van der Waals surface area contributed by atoms with Gasteiger partial charge in [0.25, 0.3) is 0 Å². The van der Waals surface area contributed by atoms with Crippen LogP contribution in [0.25, 0.3) is 0 Å². The van der Waals surface area contributed by atoms with Crippen molar-refractivity contribution < 1.29 is 19.8 Å². The predicted molar refractivity (Wildman–Crippen MR) is 123 cm³/mol.